The van der Waals surface area contributed by atoms with Crippen molar-refractivity contribution in [2.75, 3.05) is 15.8 Å². The van der Waals surface area contributed by atoms with E-state index in [1.54, 1.807) is 0 Å². The lowest BCUT2D eigenvalue weighted by Gasteiger charge is -2.18. The number of carbonyl (C=O) groups excluding carboxylic acids is 1. The van der Waals surface area contributed by atoms with Crippen LogP contribution in [0, 0.1) is 0 Å². The van der Waals surface area contributed by atoms with Gasteiger partial charge in [0.25, 0.3) is 10.0 Å². The summed E-state index contributed by atoms with van der Waals surface area (Å²) in [5.74, 6) is -1.30. The lowest BCUT2D eigenvalue weighted by atomic mass is 10.3. The number of anilines is 2. The first-order valence-corrected chi connectivity index (χ1v) is 10.5. The van der Waals surface area contributed by atoms with E-state index in [1.807, 2.05) is 0 Å². The van der Waals surface area contributed by atoms with Gasteiger partial charge in [0.15, 0.2) is 14.0 Å². The molecule has 2 N–H and O–H groups in total. The minimum Gasteiger partial charge on any atom is -0.324 e. The maximum atomic E-state index is 12.3. The summed E-state index contributed by atoms with van der Waals surface area (Å²) in [5, 5.41) is 4.04. The van der Waals surface area contributed by atoms with E-state index in [0.29, 0.717) is 0 Å². The number of amides is 1. The first-order valence-electron chi connectivity index (χ1n) is 6.11. The van der Waals surface area contributed by atoms with Gasteiger partial charge < -0.3 is 5.32 Å². The third kappa shape index (κ3) is 3.07. The predicted molar refractivity (Wildman–Crippen MR) is 87.3 cm³/mol. The zero-order valence-corrected chi connectivity index (χ0v) is 14.4. The molecular weight excluding hydrogens is 384 g/mol. The molecule has 0 aliphatic carbocycles. The minimum absolute atomic E-state index is 0.0620. The molecule has 7 nitrogen and oxygen atoms in total. The fourth-order valence-electron chi connectivity index (χ4n) is 2.06. The van der Waals surface area contributed by atoms with Crippen LogP contribution in [0.3, 0.4) is 0 Å². The fraction of sp³-hybridized carbons (Fsp3) is 0.0833. The average Bonchev–Trinajstić information content (AvgIpc) is 2.85. The topological polar surface area (TPSA) is 109 Å². The number of thiophene rings is 1. The summed E-state index contributed by atoms with van der Waals surface area (Å²) in [7, 11) is -7.72. The van der Waals surface area contributed by atoms with Crippen LogP contribution >= 0.6 is 22.9 Å². The molecule has 1 aliphatic rings. The average molecular weight is 393 g/mol. The van der Waals surface area contributed by atoms with Gasteiger partial charge in [-0.3, -0.25) is 9.52 Å². The van der Waals surface area contributed by atoms with E-state index < -0.39 is 31.5 Å². The summed E-state index contributed by atoms with van der Waals surface area (Å²) >= 11 is 6.76. The van der Waals surface area contributed by atoms with E-state index in [4.69, 9.17) is 11.6 Å². The number of nitrogens with one attached hydrogen (secondary N) is 2. The second kappa shape index (κ2) is 5.48. The first-order chi connectivity index (χ1) is 10.7. The van der Waals surface area contributed by atoms with E-state index >= 15 is 0 Å². The molecule has 1 aromatic heterocycles. The number of carbonyl (C=O) groups is 1. The van der Waals surface area contributed by atoms with Crippen LogP contribution in [0.25, 0.3) is 0 Å². The molecule has 11 heteroatoms. The van der Waals surface area contributed by atoms with Crippen LogP contribution in [0.2, 0.25) is 5.02 Å². The molecular formula is C12H9ClN2O5S3. The third-order valence-corrected chi connectivity index (χ3v) is 8.05. The monoisotopic (exact) mass is 392 g/mol. The van der Waals surface area contributed by atoms with Gasteiger partial charge in [0.05, 0.1) is 21.3 Å². The standard InChI is InChI=1S/C12H9ClN2O5S3/c13-8-3-4-21-12(8)23(19,20)15-7-1-2-9-10(5-7)22(17,18)6-11(16)14-9/h1-5,15H,6H2,(H,14,16). The van der Waals surface area contributed by atoms with E-state index in [-0.39, 0.29) is 25.5 Å². The molecule has 0 bridgehead atoms. The van der Waals surface area contributed by atoms with Gasteiger partial charge >= 0.3 is 0 Å². The summed E-state index contributed by atoms with van der Waals surface area (Å²) in [5.41, 5.74) is 0.186. The van der Waals surface area contributed by atoms with Crippen LogP contribution in [0.15, 0.2) is 38.8 Å². The van der Waals surface area contributed by atoms with Crippen LogP contribution < -0.4 is 10.0 Å². The van der Waals surface area contributed by atoms with Crippen molar-refractivity contribution in [3.63, 3.8) is 0 Å². The van der Waals surface area contributed by atoms with Gasteiger partial charge in [0, 0.05) is 0 Å². The van der Waals surface area contributed by atoms with Crippen molar-refractivity contribution in [3.8, 4) is 0 Å². The molecule has 0 saturated carbocycles. The molecule has 0 saturated heterocycles. The van der Waals surface area contributed by atoms with Crippen molar-refractivity contribution in [1.29, 1.82) is 0 Å². The van der Waals surface area contributed by atoms with Gasteiger partial charge in [-0.15, -0.1) is 11.3 Å². The number of sulfone groups is 1. The Morgan fingerprint density at radius 3 is 2.65 bits per heavy atom. The molecule has 0 fully saturated rings. The lowest BCUT2D eigenvalue weighted by molar-refractivity contribution is -0.114. The Labute approximate surface area is 141 Å². The number of fused-ring (bicyclic) bond motifs is 1. The molecule has 1 aliphatic heterocycles. The predicted octanol–water partition coefficient (Wildman–Crippen LogP) is 1.93. The first kappa shape index (κ1) is 16.2. The number of hydrogen-bond acceptors (Lipinski definition) is 6. The Morgan fingerprint density at radius 2 is 2.00 bits per heavy atom. The van der Waals surface area contributed by atoms with Crippen molar-refractivity contribution >= 4 is 60.1 Å². The van der Waals surface area contributed by atoms with Crippen LogP contribution in [-0.4, -0.2) is 28.5 Å². The molecule has 3 rings (SSSR count). The maximum absolute atomic E-state index is 12.3. The van der Waals surface area contributed by atoms with Crippen molar-refractivity contribution in [3.05, 3.63) is 34.7 Å². The van der Waals surface area contributed by atoms with E-state index in [0.717, 1.165) is 11.3 Å². The zero-order chi connectivity index (χ0) is 16.8. The van der Waals surface area contributed by atoms with E-state index in [2.05, 4.69) is 10.0 Å². The summed E-state index contributed by atoms with van der Waals surface area (Å²) in [4.78, 5) is 11.2. The van der Waals surface area contributed by atoms with Gasteiger partial charge in [0.2, 0.25) is 5.91 Å². The molecule has 1 aromatic carbocycles. The highest BCUT2D eigenvalue weighted by Crippen LogP contribution is 2.32. The maximum Gasteiger partial charge on any atom is 0.272 e. The van der Waals surface area contributed by atoms with Gasteiger partial charge in [0.1, 0.15) is 5.75 Å². The quantitative estimate of drug-likeness (QED) is 0.829. The van der Waals surface area contributed by atoms with Gasteiger partial charge in [-0.1, -0.05) is 11.6 Å². The van der Waals surface area contributed by atoms with Crippen molar-refractivity contribution in [2.45, 2.75) is 9.10 Å². The van der Waals surface area contributed by atoms with Crippen LogP contribution in [0.4, 0.5) is 11.4 Å². The molecule has 2 heterocycles. The minimum atomic E-state index is -3.92. The number of halogens is 1. The molecule has 0 radical (unpaired) electrons. The summed E-state index contributed by atoms with van der Waals surface area (Å²) in [6.45, 7) is 0. The molecule has 2 aromatic rings. The molecule has 0 spiro atoms. The van der Waals surface area contributed by atoms with E-state index in [1.165, 1.54) is 29.6 Å². The Morgan fingerprint density at radius 1 is 1.26 bits per heavy atom. The Kier molecular flexibility index (Phi) is 3.87. The second-order valence-electron chi connectivity index (χ2n) is 4.68. The Balaban J connectivity index is 2.01. The largest absolute Gasteiger partial charge is 0.324 e. The van der Waals surface area contributed by atoms with Gasteiger partial charge in [-0.25, -0.2) is 16.8 Å². The normalized spacial score (nSPS) is 16.5. The Bertz CT molecular complexity index is 1010. The molecule has 0 unspecified atom stereocenters. The zero-order valence-electron chi connectivity index (χ0n) is 11.2. The smallest absolute Gasteiger partial charge is 0.272 e. The number of rotatable bonds is 3. The van der Waals surface area contributed by atoms with Gasteiger partial charge in [-0.05, 0) is 29.6 Å². The molecule has 23 heavy (non-hydrogen) atoms. The summed E-state index contributed by atoms with van der Waals surface area (Å²) in [6, 6.07) is 5.31. The highest BCUT2D eigenvalue weighted by atomic mass is 35.5. The van der Waals surface area contributed by atoms with Crippen molar-refractivity contribution in [1.82, 2.24) is 0 Å². The van der Waals surface area contributed by atoms with Crippen molar-refractivity contribution in [2.24, 2.45) is 0 Å². The van der Waals surface area contributed by atoms with Gasteiger partial charge in [-0.2, -0.15) is 0 Å². The molecule has 1 amide bonds. The SMILES string of the molecule is O=C1CS(=O)(=O)c2cc(NS(=O)(=O)c3sccc3Cl)ccc2N1. The number of benzene rings is 1. The number of sulfonamides is 1. The number of hydrogen-bond donors (Lipinski definition) is 2. The van der Waals surface area contributed by atoms with Crippen LogP contribution in [0.5, 0.6) is 0 Å². The Hall–Kier alpha value is -1.62. The van der Waals surface area contributed by atoms with Crippen LogP contribution in [0.1, 0.15) is 0 Å². The fourth-order valence-corrected chi connectivity index (χ4v) is 6.13. The highest BCUT2D eigenvalue weighted by molar-refractivity contribution is 7.94. The highest BCUT2D eigenvalue weighted by Gasteiger charge is 2.29. The molecule has 122 valence electrons. The molecule has 0 atom stereocenters. The van der Waals surface area contributed by atoms with E-state index in [9.17, 15) is 21.6 Å². The summed E-state index contributed by atoms with van der Waals surface area (Å²) < 4.78 is 50.8. The second-order valence-corrected chi connectivity index (χ2v) is 9.84. The third-order valence-electron chi connectivity index (χ3n) is 2.99. The van der Waals surface area contributed by atoms with Crippen molar-refractivity contribution < 1.29 is 21.6 Å². The lowest BCUT2D eigenvalue weighted by Crippen LogP contribution is -2.29. The van der Waals surface area contributed by atoms with Crippen LogP contribution in [-0.2, 0) is 24.7 Å². The summed E-state index contributed by atoms with van der Waals surface area (Å²) in [6.07, 6.45) is 0.